The first kappa shape index (κ1) is 22.6. The van der Waals surface area contributed by atoms with Crippen LogP contribution in [0.4, 0.5) is 11.6 Å². The maximum atomic E-state index is 12.9. The molecule has 4 N–H and O–H groups in total. The number of aliphatic hydroxyl groups excluding tert-OH is 1. The van der Waals surface area contributed by atoms with E-state index < -0.39 is 0 Å². The minimum atomic E-state index is -0.383. The number of aliphatic hydroxyl groups is 1. The molecular formula is C24H31N7O3. The highest BCUT2D eigenvalue weighted by Gasteiger charge is 2.32. The van der Waals surface area contributed by atoms with Crippen molar-refractivity contribution < 1.29 is 9.90 Å². The third-order valence-corrected chi connectivity index (χ3v) is 7.73. The summed E-state index contributed by atoms with van der Waals surface area (Å²) in [7, 11) is 0. The van der Waals surface area contributed by atoms with Crippen LogP contribution >= 0.6 is 0 Å². The van der Waals surface area contributed by atoms with Gasteiger partial charge in [-0.1, -0.05) is 0 Å². The zero-order valence-corrected chi connectivity index (χ0v) is 19.2. The average molecular weight is 466 g/mol. The summed E-state index contributed by atoms with van der Waals surface area (Å²) in [4.78, 5) is 36.8. The number of nitrogens with zero attached hydrogens (tertiary/aromatic N) is 5. The number of fused-ring (bicyclic) bond motifs is 1. The lowest BCUT2D eigenvalue weighted by Crippen LogP contribution is -2.44. The molecule has 1 amide bonds. The standard InChI is InChI=1S/C24H31N7O3/c25-12-18-20(26)19-13-27-24(29-21(19)31(23(18)34)16-2-1-3-16)28-15-6-4-14(5-7-15)22(33)30-10-8-17(32)9-11-30/h13-17,32H,1-11,26H2,(H,27,28,29). The number of carbonyl (C=O) groups is 1. The molecule has 3 heterocycles. The minimum absolute atomic E-state index is 0.0267. The van der Waals surface area contributed by atoms with E-state index in [1.807, 2.05) is 11.0 Å². The van der Waals surface area contributed by atoms with Crippen molar-refractivity contribution >= 4 is 28.6 Å². The summed E-state index contributed by atoms with van der Waals surface area (Å²) in [5.41, 5.74) is 6.30. The monoisotopic (exact) mass is 465 g/mol. The van der Waals surface area contributed by atoms with Gasteiger partial charge in [-0.2, -0.15) is 10.2 Å². The summed E-state index contributed by atoms with van der Waals surface area (Å²) < 4.78 is 1.62. The molecule has 3 fully saturated rings. The second-order valence-corrected chi connectivity index (χ2v) is 9.84. The molecule has 0 aromatic carbocycles. The number of nitriles is 1. The van der Waals surface area contributed by atoms with E-state index in [4.69, 9.17) is 5.73 Å². The Morgan fingerprint density at radius 1 is 1.15 bits per heavy atom. The van der Waals surface area contributed by atoms with Gasteiger partial charge in [0.2, 0.25) is 11.9 Å². The minimum Gasteiger partial charge on any atom is -0.397 e. The Morgan fingerprint density at radius 3 is 2.47 bits per heavy atom. The van der Waals surface area contributed by atoms with Crippen LogP contribution in [0.5, 0.6) is 0 Å². The SMILES string of the molecule is N#Cc1c(N)c2cnc(NC3CCC(C(=O)N4CCC(O)CC4)CC3)nc2n(C2CCC2)c1=O. The lowest BCUT2D eigenvalue weighted by Gasteiger charge is -2.35. The lowest BCUT2D eigenvalue weighted by molar-refractivity contribution is -0.138. The number of piperidine rings is 1. The molecule has 0 unspecified atom stereocenters. The van der Waals surface area contributed by atoms with Gasteiger partial charge in [-0.3, -0.25) is 14.2 Å². The molecule has 2 aromatic heterocycles. The maximum Gasteiger partial charge on any atom is 0.272 e. The Labute approximate surface area is 197 Å². The highest BCUT2D eigenvalue weighted by atomic mass is 16.3. The van der Waals surface area contributed by atoms with Gasteiger partial charge in [0.05, 0.1) is 17.2 Å². The van der Waals surface area contributed by atoms with Gasteiger partial charge < -0.3 is 21.1 Å². The molecule has 2 aliphatic carbocycles. The number of anilines is 2. The number of aromatic nitrogens is 3. The molecule has 0 bridgehead atoms. The van der Waals surface area contributed by atoms with E-state index in [0.717, 1.165) is 44.9 Å². The summed E-state index contributed by atoms with van der Waals surface area (Å²) in [6.07, 6.45) is 8.70. The fourth-order valence-corrected chi connectivity index (χ4v) is 5.39. The third kappa shape index (κ3) is 4.09. The topological polar surface area (TPSA) is 150 Å². The predicted molar refractivity (Wildman–Crippen MR) is 127 cm³/mol. The lowest BCUT2D eigenvalue weighted by atomic mass is 9.85. The van der Waals surface area contributed by atoms with Gasteiger partial charge in [0.25, 0.3) is 5.56 Å². The van der Waals surface area contributed by atoms with Crippen molar-refractivity contribution in [2.24, 2.45) is 5.92 Å². The van der Waals surface area contributed by atoms with Crippen molar-refractivity contribution in [3.8, 4) is 6.07 Å². The van der Waals surface area contributed by atoms with Gasteiger partial charge in [0.1, 0.15) is 11.6 Å². The van der Waals surface area contributed by atoms with Crippen molar-refractivity contribution in [3.63, 3.8) is 0 Å². The van der Waals surface area contributed by atoms with Crippen LogP contribution in [0.3, 0.4) is 0 Å². The molecule has 180 valence electrons. The van der Waals surface area contributed by atoms with E-state index >= 15 is 0 Å². The van der Waals surface area contributed by atoms with Gasteiger partial charge in [0.15, 0.2) is 5.65 Å². The van der Waals surface area contributed by atoms with Crippen molar-refractivity contribution in [2.75, 3.05) is 24.1 Å². The van der Waals surface area contributed by atoms with Gasteiger partial charge in [-0.25, -0.2) is 4.98 Å². The summed E-state index contributed by atoms with van der Waals surface area (Å²) in [5.74, 6) is 0.670. The quantitative estimate of drug-likeness (QED) is 0.620. The van der Waals surface area contributed by atoms with Gasteiger partial charge in [-0.05, 0) is 57.8 Å². The van der Waals surface area contributed by atoms with Crippen molar-refractivity contribution in [2.45, 2.75) is 76.0 Å². The molecule has 1 saturated heterocycles. The first-order valence-corrected chi connectivity index (χ1v) is 12.3. The van der Waals surface area contributed by atoms with Crippen LogP contribution in [0.1, 0.15) is 69.4 Å². The molecule has 5 rings (SSSR count). The van der Waals surface area contributed by atoms with Crippen LogP contribution in [-0.2, 0) is 4.79 Å². The summed E-state index contributed by atoms with van der Waals surface area (Å²) in [6.45, 7) is 1.28. The van der Waals surface area contributed by atoms with Crippen LogP contribution in [0.25, 0.3) is 11.0 Å². The van der Waals surface area contributed by atoms with Gasteiger partial charge in [0, 0.05) is 37.3 Å². The Balaban J connectivity index is 1.30. The molecular weight excluding hydrogens is 434 g/mol. The van der Waals surface area contributed by atoms with Crippen LogP contribution < -0.4 is 16.6 Å². The number of rotatable bonds is 4. The number of likely N-dealkylation sites (tertiary alicyclic amines) is 1. The van der Waals surface area contributed by atoms with Crippen LogP contribution in [0.2, 0.25) is 0 Å². The van der Waals surface area contributed by atoms with Crippen LogP contribution in [0, 0.1) is 17.2 Å². The van der Waals surface area contributed by atoms with E-state index in [0.29, 0.717) is 42.9 Å². The summed E-state index contributed by atoms with van der Waals surface area (Å²) >= 11 is 0. The molecule has 0 radical (unpaired) electrons. The van der Waals surface area contributed by atoms with Gasteiger partial charge >= 0.3 is 0 Å². The molecule has 10 heteroatoms. The van der Waals surface area contributed by atoms with E-state index in [1.54, 1.807) is 10.8 Å². The fourth-order valence-electron chi connectivity index (χ4n) is 5.39. The zero-order valence-electron chi connectivity index (χ0n) is 19.2. The first-order chi connectivity index (χ1) is 16.5. The van der Waals surface area contributed by atoms with E-state index in [1.165, 1.54) is 0 Å². The Hall–Kier alpha value is -3.19. The largest absolute Gasteiger partial charge is 0.397 e. The average Bonchev–Trinajstić information content (AvgIpc) is 2.81. The Morgan fingerprint density at radius 2 is 1.85 bits per heavy atom. The predicted octanol–water partition coefficient (Wildman–Crippen LogP) is 1.92. The molecule has 2 saturated carbocycles. The van der Waals surface area contributed by atoms with Crippen molar-refractivity contribution in [3.05, 3.63) is 22.1 Å². The van der Waals surface area contributed by atoms with Crippen LogP contribution in [0.15, 0.2) is 11.0 Å². The highest BCUT2D eigenvalue weighted by molar-refractivity contribution is 5.90. The molecule has 1 aliphatic heterocycles. The molecule has 2 aromatic rings. The fraction of sp³-hybridized carbons (Fsp3) is 0.625. The van der Waals surface area contributed by atoms with Crippen molar-refractivity contribution in [1.82, 2.24) is 19.4 Å². The van der Waals surface area contributed by atoms with E-state index in [-0.39, 0.29) is 46.8 Å². The number of hydrogen-bond donors (Lipinski definition) is 3. The Kier molecular flexibility index (Phi) is 6.13. The first-order valence-electron chi connectivity index (χ1n) is 12.3. The normalized spacial score (nSPS) is 23.9. The van der Waals surface area contributed by atoms with E-state index in [2.05, 4.69) is 15.3 Å². The third-order valence-electron chi connectivity index (χ3n) is 7.73. The zero-order chi connectivity index (χ0) is 23.8. The molecule has 10 nitrogen and oxygen atoms in total. The molecule has 0 atom stereocenters. The molecule has 34 heavy (non-hydrogen) atoms. The number of nitrogen functional groups attached to an aromatic ring is 1. The number of pyridine rings is 1. The smallest absolute Gasteiger partial charge is 0.272 e. The number of carbonyl (C=O) groups excluding carboxylic acids is 1. The maximum absolute atomic E-state index is 12.9. The number of nitrogens with two attached hydrogens (primary N) is 1. The number of amides is 1. The molecule has 3 aliphatic rings. The van der Waals surface area contributed by atoms with Crippen molar-refractivity contribution in [1.29, 1.82) is 5.26 Å². The second kappa shape index (κ2) is 9.22. The number of hydrogen-bond acceptors (Lipinski definition) is 8. The van der Waals surface area contributed by atoms with Gasteiger partial charge in [-0.15, -0.1) is 0 Å². The Bertz CT molecular complexity index is 1180. The molecule has 0 spiro atoms. The second-order valence-electron chi connectivity index (χ2n) is 9.84. The highest BCUT2D eigenvalue weighted by Crippen LogP contribution is 2.34. The van der Waals surface area contributed by atoms with Crippen LogP contribution in [-0.4, -0.2) is 55.7 Å². The van der Waals surface area contributed by atoms with E-state index in [9.17, 15) is 20.0 Å². The number of nitrogens with one attached hydrogen (secondary N) is 1. The summed E-state index contributed by atoms with van der Waals surface area (Å²) in [5, 5.41) is 23.0. The summed E-state index contributed by atoms with van der Waals surface area (Å²) in [6, 6.07) is 2.12.